The van der Waals surface area contributed by atoms with Crippen LogP contribution in [0.3, 0.4) is 0 Å². The van der Waals surface area contributed by atoms with Crippen molar-refractivity contribution in [3.8, 4) is 11.6 Å². The Labute approximate surface area is 137 Å². The summed E-state index contributed by atoms with van der Waals surface area (Å²) in [5.74, 6) is -0.399. The molecule has 0 bridgehead atoms. The number of ether oxygens (including phenoxy) is 1. The van der Waals surface area contributed by atoms with Crippen molar-refractivity contribution in [1.29, 1.82) is 0 Å². The Hall–Kier alpha value is -2.40. The van der Waals surface area contributed by atoms with Crippen LogP contribution in [-0.4, -0.2) is 4.98 Å². The van der Waals surface area contributed by atoms with E-state index >= 15 is 0 Å². The molecule has 1 aromatic heterocycles. The first-order chi connectivity index (χ1) is 11.2. The Morgan fingerprint density at radius 3 is 2.52 bits per heavy atom. The van der Waals surface area contributed by atoms with E-state index in [1.807, 2.05) is 36.4 Å². The zero-order valence-electron chi connectivity index (χ0n) is 12.1. The molecule has 0 radical (unpaired) electrons. The lowest BCUT2D eigenvalue weighted by molar-refractivity contribution is 0.421. The molecule has 0 unspecified atom stereocenters. The number of thioether (sulfide) groups is 1. The van der Waals surface area contributed by atoms with Crippen LogP contribution < -0.4 is 4.74 Å². The van der Waals surface area contributed by atoms with E-state index < -0.39 is 11.6 Å². The van der Waals surface area contributed by atoms with Gasteiger partial charge in [0, 0.05) is 17.9 Å². The highest BCUT2D eigenvalue weighted by Crippen LogP contribution is 2.27. The minimum absolute atomic E-state index is 0.0518. The van der Waals surface area contributed by atoms with Gasteiger partial charge >= 0.3 is 0 Å². The lowest BCUT2D eigenvalue weighted by atomic mass is 10.2. The van der Waals surface area contributed by atoms with Crippen molar-refractivity contribution >= 4 is 11.8 Å². The first-order valence-electron chi connectivity index (χ1n) is 6.97. The van der Waals surface area contributed by atoms with Gasteiger partial charge in [-0.1, -0.05) is 36.4 Å². The number of aromatic nitrogens is 1. The van der Waals surface area contributed by atoms with Crippen molar-refractivity contribution in [1.82, 2.24) is 4.98 Å². The van der Waals surface area contributed by atoms with Crippen LogP contribution >= 0.6 is 11.8 Å². The SMILES string of the molecule is Fc1ccc(Oc2cccc(SCc3ccccc3)n2)c(F)c1. The molecule has 0 N–H and O–H groups in total. The van der Waals surface area contributed by atoms with E-state index in [1.165, 1.54) is 11.6 Å². The maximum atomic E-state index is 13.6. The summed E-state index contributed by atoms with van der Waals surface area (Å²) in [6, 6.07) is 18.5. The van der Waals surface area contributed by atoms with Crippen LogP contribution in [0.5, 0.6) is 11.6 Å². The second-order valence-electron chi connectivity index (χ2n) is 4.77. The standard InChI is InChI=1S/C18H13F2NOS/c19-14-9-10-16(15(20)11-14)22-17-7-4-8-18(21-17)23-12-13-5-2-1-3-6-13/h1-11H,12H2. The van der Waals surface area contributed by atoms with Gasteiger partial charge in [0.25, 0.3) is 0 Å². The van der Waals surface area contributed by atoms with Crippen LogP contribution in [0.15, 0.2) is 71.8 Å². The average molecular weight is 329 g/mol. The Bertz CT molecular complexity index is 796. The highest BCUT2D eigenvalue weighted by Gasteiger charge is 2.08. The van der Waals surface area contributed by atoms with Gasteiger partial charge in [0.2, 0.25) is 5.88 Å². The minimum Gasteiger partial charge on any atom is -0.436 e. The van der Waals surface area contributed by atoms with Crippen LogP contribution in [0.25, 0.3) is 0 Å². The Kier molecular flexibility index (Phi) is 4.88. The first-order valence-corrected chi connectivity index (χ1v) is 7.96. The summed E-state index contributed by atoms with van der Waals surface area (Å²) in [7, 11) is 0. The maximum absolute atomic E-state index is 13.6. The maximum Gasteiger partial charge on any atom is 0.220 e. The van der Waals surface area contributed by atoms with Crippen LogP contribution in [0, 0.1) is 11.6 Å². The summed E-state index contributed by atoms with van der Waals surface area (Å²) >= 11 is 1.56. The van der Waals surface area contributed by atoms with Crippen molar-refractivity contribution in [2.45, 2.75) is 10.8 Å². The van der Waals surface area contributed by atoms with Crippen molar-refractivity contribution in [3.05, 3.63) is 83.9 Å². The fourth-order valence-electron chi connectivity index (χ4n) is 1.94. The van der Waals surface area contributed by atoms with Crippen molar-refractivity contribution in [3.63, 3.8) is 0 Å². The van der Waals surface area contributed by atoms with Gasteiger partial charge in [0.15, 0.2) is 11.6 Å². The summed E-state index contributed by atoms with van der Waals surface area (Å²) < 4.78 is 31.9. The fourth-order valence-corrected chi connectivity index (χ4v) is 2.77. The number of hydrogen-bond donors (Lipinski definition) is 0. The predicted molar refractivity (Wildman–Crippen MR) is 86.7 cm³/mol. The third-order valence-electron chi connectivity index (χ3n) is 3.04. The normalized spacial score (nSPS) is 10.5. The molecule has 116 valence electrons. The van der Waals surface area contributed by atoms with Gasteiger partial charge in [-0.2, -0.15) is 0 Å². The van der Waals surface area contributed by atoms with Gasteiger partial charge in [-0.15, -0.1) is 11.8 Å². The molecule has 0 atom stereocenters. The summed E-state index contributed by atoms with van der Waals surface area (Å²) in [4.78, 5) is 4.33. The molecular formula is C18H13F2NOS. The van der Waals surface area contributed by atoms with E-state index in [2.05, 4.69) is 4.98 Å². The molecule has 0 amide bonds. The Balaban J connectivity index is 1.69. The monoisotopic (exact) mass is 329 g/mol. The van der Waals surface area contributed by atoms with Crippen LogP contribution in [-0.2, 0) is 5.75 Å². The second kappa shape index (κ2) is 7.24. The third kappa shape index (κ3) is 4.29. The van der Waals surface area contributed by atoms with E-state index in [-0.39, 0.29) is 11.6 Å². The second-order valence-corrected chi connectivity index (χ2v) is 5.76. The zero-order chi connectivity index (χ0) is 16.1. The third-order valence-corrected chi connectivity index (χ3v) is 4.04. The van der Waals surface area contributed by atoms with Crippen molar-refractivity contribution in [2.24, 2.45) is 0 Å². The summed E-state index contributed by atoms with van der Waals surface area (Å²) in [6.07, 6.45) is 0. The Morgan fingerprint density at radius 2 is 1.74 bits per heavy atom. The number of halogens is 2. The molecule has 0 spiro atoms. The van der Waals surface area contributed by atoms with Gasteiger partial charge in [0.05, 0.1) is 0 Å². The van der Waals surface area contributed by atoms with E-state index in [4.69, 9.17) is 4.74 Å². The molecule has 23 heavy (non-hydrogen) atoms. The summed E-state index contributed by atoms with van der Waals surface area (Å²) in [5, 5.41) is 0.772. The minimum atomic E-state index is -0.755. The van der Waals surface area contributed by atoms with Gasteiger partial charge in [-0.25, -0.2) is 13.8 Å². The lowest BCUT2D eigenvalue weighted by Crippen LogP contribution is -1.92. The van der Waals surface area contributed by atoms with Crippen LogP contribution in [0.2, 0.25) is 0 Å². The lowest BCUT2D eigenvalue weighted by Gasteiger charge is -2.07. The van der Waals surface area contributed by atoms with Crippen LogP contribution in [0.1, 0.15) is 5.56 Å². The van der Waals surface area contributed by atoms with Crippen molar-refractivity contribution < 1.29 is 13.5 Å². The fraction of sp³-hybridized carbons (Fsp3) is 0.0556. The van der Waals surface area contributed by atoms with E-state index in [1.54, 1.807) is 23.9 Å². The van der Waals surface area contributed by atoms with Gasteiger partial charge in [-0.3, -0.25) is 0 Å². The zero-order valence-corrected chi connectivity index (χ0v) is 12.9. The molecule has 0 aliphatic rings. The highest BCUT2D eigenvalue weighted by atomic mass is 32.2. The van der Waals surface area contributed by atoms with Gasteiger partial charge in [-0.05, 0) is 23.8 Å². The van der Waals surface area contributed by atoms with E-state index in [0.29, 0.717) is 0 Å². The van der Waals surface area contributed by atoms with Gasteiger partial charge in [0.1, 0.15) is 10.8 Å². The molecule has 0 saturated carbocycles. The quantitative estimate of drug-likeness (QED) is 0.582. The molecular weight excluding hydrogens is 316 g/mol. The van der Waals surface area contributed by atoms with E-state index in [0.717, 1.165) is 22.9 Å². The molecule has 2 aromatic carbocycles. The molecule has 5 heteroatoms. The molecule has 0 fully saturated rings. The number of rotatable bonds is 5. The molecule has 3 aromatic rings. The van der Waals surface area contributed by atoms with Gasteiger partial charge < -0.3 is 4.74 Å². The number of hydrogen-bond acceptors (Lipinski definition) is 3. The largest absolute Gasteiger partial charge is 0.436 e. The molecule has 0 aliphatic heterocycles. The first kappa shape index (κ1) is 15.5. The summed E-state index contributed by atoms with van der Waals surface area (Å²) in [5.41, 5.74) is 1.19. The molecule has 0 saturated heterocycles. The summed E-state index contributed by atoms with van der Waals surface area (Å²) in [6.45, 7) is 0. The highest BCUT2D eigenvalue weighted by molar-refractivity contribution is 7.98. The molecule has 2 nitrogen and oxygen atoms in total. The number of pyridine rings is 1. The molecule has 0 aliphatic carbocycles. The van der Waals surface area contributed by atoms with Crippen LogP contribution in [0.4, 0.5) is 8.78 Å². The predicted octanol–water partition coefficient (Wildman–Crippen LogP) is 5.44. The molecule has 1 heterocycles. The molecule has 3 rings (SSSR count). The smallest absolute Gasteiger partial charge is 0.220 e. The average Bonchev–Trinajstić information content (AvgIpc) is 2.57. The van der Waals surface area contributed by atoms with Crippen molar-refractivity contribution in [2.75, 3.05) is 0 Å². The topological polar surface area (TPSA) is 22.1 Å². The number of benzene rings is 2. The number of nitrogens with zero attached hydrogens (tertiary/aromatic N) is 1. The van der Waals surface area contributed by atoms with E-state index in [9.17, 15) is 8.78 Å². The Morgan fingerprint density at radius 1 is 0.913 bits per heavy atom.